The minimum absolute atomic E-state index is 0. The molecule has 0 amide bonds. The predicted molar refractivity (Wildman–Crippen MR) is 82.3 cm³/mol. The van der Waals surface area contributed by atoms with E-state index in [0.717, 1.165) is 11.8 Å². The first-order valence-electron chi connectivity index (χ1n) is 5.97. The van der Waals surface area contributed by atoms with Gasteiger partial charge < -0.3 is 0 Å². The van der Waals surface area contributed by atoms with Crippen LogP contribution in [0.2, 0.25) is 0 Å². The summed E-state index contributed by atoms with van der Waals surface area (Å²) >= 11 is 0. The summed E-state index contributed by atoms with van der Waals surface area (Å²) in [4.78, 5) is 0. The molecule has 3 heteroatoms. The molecule has 0 heterocycles. The minimum atomic E-state index is 0. The molecule has 2 rings (SSSR count). The van der Waals surface area contributed by atoms with E-state index in [1.54, 1.807) is 25.7 Å². The molecule has 2 saturated carbocycles. The molecule has 0 bridgehead atoms. The van der Waals surface area contributed by atoms with Gasteiger partial charge in [0.1, 0.15) is 0 Å². The van der Waals surface area contributed by atoms with E-state index in [9.17, 15) is 0 Å². The second-order valence-electron chi connectivity index (χ2n) is 4.80. The summed E-state index contributed by atoms with van der Waals surface area (Å²) in [6.45, 7) is 0. The Kier molecular flexibility index (Phi) is 13.9. The summed E-state index contributed by atoms with van der Waals surface area (Å²) in [5, 5.41) is 0. The first-order valence-corrected chi connectivity index (χ1v) is 5.97. The van der Waals surface area contributed by atoms with Gasteiger partial charge in [-0.15, -0.1) is 34.0 Å². The van der Waals surface area contributed by atoms with Gasteiger partial charge in [-0.05, 0) is 11.8 Å². The quantitative estimate of drug-likeness (QED) is 0.522. The van der Waals surface area contributed by atoms with Crippen molar-refractivity contribution in [3.63, 3.8) is 0 Å². The zero-order valence-electron chi connectivity index (χ0n) is 9.75. The normalized spacial score (nSPS) is 23.2. The Morgan fingerprint density at radius 3 is 1.00 bits per heavy atom. The molecule has 0 nitrogen and oxygen atoms in total. The van der Waals surface area contributed by atoms with Crippen LogP contribution in [0.1, 0.15) is 64.2 Å². The van der Waals surface area contributed by atoms with Crippen LogP contribution in [-0.2, 0) is 0 Å². The third kappa shape index (κ3) is 6.30. The monoisotopic (exact) mass is 448 g/mol. The molecule has 2 radical (unpaired) electrons. The third-order valence-electron chi connectivity index (χ3n) is 3.97. The van der Waals surface area contributed by atoms with Gasteiger partial charge in [0.2, 0.25) is 0 Å². The van der Waals surface area contributed by atoms with Crippen molar-refractivity contribution in [2.75, 3.05) is 0 Å². The SMILES string of the molecule is Br.Br.C1CCC(C2CCCCC2)CC1.[SnH2]. The zero-order valence-corrected chi connectivity index (χ0v) is 17.2. The Balaban J connectivity index is 0. The first kappa shape index (κ1) is 19.1. The first-order chi connectivity index (χ1) is 5.97. The number of hydrogen-bond acceptors (Lipinski definition) is 0. The molecule has 0 N–H and O–H groups in total. The van der Waals surface area contributed by atoms with Gasteiger partial charge in [0.05, 0.1) is 0 Å². The summed E-state index contributed by atoms with van der Waals surface area (Å²) in [6.07, 6.45) is 15.4. The summed E-state index contributed by atoms with van der Waals surface area (Å²) in [7, 11) is 0. The van der Waals surface area contributed by atoms with Gasteiger partial charge in [-0.25, -0.2) is 0 Å². The molecular weight excluding hydrogens is 423 g/mol. The fourth-order valence-corrected chi connectivity index (χ4v) is 3.21. The molecule has 0 spiro atoms. The zero-order chi connectivity index (χ0) is 8.23. The van der Waals surface area contributed by atoms with Crippen molar-refractivity contribution in [1.29, 1.82) is 0 Å². The number of rotatable bonds is 1. The van der Waals surface area contributed by atoms with E-state index in [0.29, 0.717) is 0 Å². The number of halogens is 2. The third-order valence-corrected chi connectivity index (χ3v) is 3.97. The van der Waals surface area contributed by atoms with E-state index in [1.165, 1.54) is 38.5 Å². The van der Waals surface area contributed by atoms with E-state index < -0.39 is 0 Å². The maximum absolute atomic E-state index is 1.56. The van der Waals surface area contributed by atoms with Crippen LogP contribution in [0.3, 0.4) is 0 Å². The average Bonchev–Trinajstić information content (AvgIpc) is 2.21. The standard InChI is InChI=1S/C12H22.2BrH.Sn.2H/c1-3-7-11(8-4-1)12-9-5-2-6-10-12;;;;;/h11-12H,1-10H2;2*1H;;;. The molecule has 2 aliphatic rings. The molecule has 92 valence electrons. The molecular formula is C12H26Br2Sn. The summed E-state index contributed by atoms with van der Waals surface area (Å²) in [5.41, 5.74) is 0. The Morgan fingerprint density at radius 2 is 0.733 bits per heavy atom. The molecule has 2 aliphatic carbocycles. The molecule has 0 unspecified atom stereocenters. The maximum atomic E-state index is 1.56. The van der Waals surface area contributed by atoms with Gasteiger partial charge in [-0.1, -0.05) is 64.2 Å². The van der Waals surface area contributed by atoms with E-state index in [4.69, 9.17) is 0 Å². The fraction of sp³-hybridized carbons (Fsp3) is 1.00. The van der Waals surface area contributed by atoms with Crippen LogP contribution >= 0.6 is 34.0 Å². The number of hydrogen-bond donors (Lipinski definition) is 0. The second-order valence-corrected chi connectivity index (χ2v) is 4.80. The van der Waals surface area contributed by atoms with Crippen LogP contribution in [0.15, 0.2) is 0 Å². The summed E-state index contributed by atoms with van der Waals surface area (Å²) < 4.78 is 0. The Hall–Kier alpha value is 1.76. The Labute approximate surface area is 133 Å². The van der Waals surface area contributed by atoms with Crippen molar-refractivity contribution in [1.82, 2.24) is 0 Å². The van der Waals surface area contributed by atoms with Crippen LogP contribution in [0, 0.1) is 11.8 Å². The molecule has 0 aliphatic heterocycles. The molecule has 0 aromatic heterocycles. The van der Waals surface area contributed by atoms with Crippen molar-refractivity contribution in [2.24, 2.45) is 11.8 Å². The molecule has 2 fully saturated rings. The van der Waals surface area contributed by atoms with Gasteiger partial charge in [0, 0.05) is 0 Å². The fourth-order valence-electron chi connectivity index (χ4n) is 3.21. The van der Waals surface area contributed by atoms with Crippen molar-refractivity contribution >= 4 is 57.9 Å². The summed E-state index contributed by atoms with van der Waals surface area (Å²) in [6, 6.07) is 0. The van der Waals surface area contributed by atoms with Crippen LogP contribution in [-0.4, -0.2) is 23.9 Å². The van der Waals surface area contributed by atoms with Crippen molar-refractivity contribution in [3.05, 3.63) is 0 Å². The topological polar surface area (TPSA) is 0 Å². The van der Waals surface area contributed by atoms with Gasteiger partial charge in [0.25, 0.3) is 0 Å². The van der Waals surface area contributed by atoms with E-state index in [2.05, 4.69) is 0 Å². The second kappa shape index (κ2) is 10.9. The van der Waals surface area contributed by atoms with Crippen LogP contribution in [0.25, 0.3) is 0 Å². The van der Waals surface area contributed by atoms with Crippen molar-refractivity contribution in [3.8, 4) is 0 Å². The van der Waals surface area contributed by atoms with Gasteiger partial charge in [-0.2, -0.15) is 0 Å². The average molecular weight is 449 g/mol. The van der Waals surface area contributed by atoms with E-state index in [1.807, 2.05) is 0 Å². The van der Waals surface area contributed by atoms with Crippen LogP contribution in [0.5, 0.6) is 0 Å². The van der Waals surface area contributed by atoms with Gasteiger partial charge in [-0.3, -0.25) is 0 Å². The van der Waals surface area contributed by atoms with Crippen molar-refractivity contribution in [2.45, 2.75) is 64.2 Å². The van der Waals surface area contributed by atoms with Crippen LogP contribution < -0.4 is 0 Å². The van der Waals surface area contributed by atoms with Gasteiger partial charge >= 0.3 is 23.9 Å². The van der Waals surface area contributed by atoms with E-state index >= 15 is 0 Å². The van der Waals surface area contributed by atoms with Crippen LogP contribution in [0.4, 0.5) is 0 Å². The molecule has 0 aromatic carbocycles. The molecule has 0 atom stereocenters. The molecule has 0 aromatic rings. The summed E-state index contributed by atoms with van der Waals surface area (Å²) in [5.74, 6) is 2.28. The molecule has 15 heavy (non-hydrogen) atoms. The van der Waals surface area contributed by atoms with Gasteiger partial charge in [0.15, 0.2) is 0 Å². The van der Waals surface area contributed by atoms with E-state index in [-0.39, 0.29) is 57.9 Å². The Morgan fingerprint density at radius 1 is 0.467 bits per heavy atom. The molecule has 0 saturated heterocycles. The van der Waals surface area contributed by atoms with Crippen molar-refractivity contribution < 1.29 is 0 Å². The Bertz CT molecular complexity index is 114. The predicted octanol–water partition coefficient (Wildman–Crippen LogP) is 4.39.